The number of nitrogens with zero attached hydrogens (tertiary/aromatic N) is 2. The highest BCUT2D eigenvalue weighted by molar-refractivity contribution is 5.21. The topological polar surface area (TPSA) is 6.48 Å². The van der Waals surface area contributed by atoms with Crippen molar-refractivity contribution in [3.63, 3.8) is 0 Å². The van der Waals surface area contributed by atoms with Crippen LogP contribution < -0.4 is 0 Å². The molecule has 1 radical (unpaired) electrons. The molecule has 0 aromatic heterocycles. The zero-order chi connectivity index (χ0) is 12.0. The summed E-state index contributed by atoms with van der Waals surface area (Å²) in [5, 5.41) is 0. The highest BCUT2D eigenvalue weighted by atomic mass is 15.4. The predicted octanol–water partition coefficient (Wildman–Crippen LogP) is 3.57. The lowest BCUT2D eigenvalue weighted by atomic mass is 10.1. The lowest BCUT2D eigenvalue weighted by Gasteiger charge is -2.38. The molecule has 1 aliphatic rings. The van der Waals surface area contributed by atoms with Crippen LogP contribution in [0.15, 0.2) is 11.4 Å². The molecule has 0 bridgehead atoms. The van der Waals surface area contributed by atoms with E-state index in [9.17, 15) is 0 Å². The maximum absolute atomic E-state index is 2.35. The molecule has 1 rings (SSSR count). The lowest BCUT2D eigenvalue weighted by molar-refractivity contribution is 0.153. The Morgan fingerprint density at radius 3 is 1.13 bits per heavy atom. The molecule has 2 nitrogen and oxygen atoms in total. The summed E-state index contributed by atoms with van der Waals surface area (Å²) in [5.41, 5.74) is 3.03. The number of hydrogen-bond acceptors (Lipinski definition) is 2. The maximum atomic E-state index is 2.35. The molecule has 1 heterocycles. The molecule has 0 unspecified atom stereocenters. The minimum absolute atomic E-state index is 0.158. The van der Waals surface area contributed by atoms with E-state index in [4.69, 9.17) is 0 Å². The van der Waals surface area contributed by atoms with Crippen LogP contribution >= 0.6 is 0 Å². The van der Waals surface area contributed by atoms with E-state index in [0.717, 1.165) is 0 Å². The first-order chi connectivity index (χ1) is 6.55. The fourth-order valence-corrected chi connectivity index (χ4v) is 1.99. The Bertz CT molecular complexity index is 248. The van der Waals surface area contributed by atoms with Gasteiger partial charge in [-0.1, -0.05) is 0 Å². The van der Waals surface area contributed by atoms with E-state index in [-0.39, 0.29) is 11.1 Å². The third-order valence-corrected chi connectivity index (χ3v) is 2.92. The third-order valence-electron chi connectivity index (χ3n) is 2.92. The highest BCUT2D eigenvalue weighted by Crippen LogP contribution is 2.36. The summed E-state index contributed by atoms with van der Waals surface area (Å²) < 4.78 is 0. The van der Waals surface area contributed by atoms with Crippen LogP contribution in [0.4, 0.5) is 0 Å². The predicted molar refractivity (Wildman–Crippen MR) is 65.9 cm³/mol. The lowest BCUT2D eigenvalue weighted by Crippen LogP contribution is -2.42. The molecule has 0 saturated heterocycles. The smallest absolute Gasteiger partial charge is 0.142 e. The van der Waals surface area contributed by atoms with Crippen molar-refractivity contribution in [2.24, 2.45) is 0 Å². The highest BCUT2D eigenvalue weighted by Gasteiger charge is 2.36. The average molecular weight is 209 g/mol. The van der Waals surface area contributed by atoms with Gasteiger partial charge >= 0.3 is 0 Å². The maximum Gasteiger partial charge on any atom is 0.142 e. The van der Waals surface area contributed by atoms with Gasteiger partial charge in [-0.2, -0.15) is 0 Å². The molecule has 0 amide bonds. The van der Waals surface area contributed by atoms with E-state index < -0.39 is 0 Å². The molecule has 0 fully saturated rings. The summed E-state index contributed by atoms with van der Waals surface area (Å²) in [7, 11) is 0. The quantitative estimate of drug-likeness (QED) is 0.602. The molecule has 0 spiro atoms. The van der Waals surface area contributed by atoms with Gasteiger partial charge in [-0.3, -0.25) is 0 Å². The van der Waals surface area contributed by atoms with Crippen LogP contribution in [0.3, 0.4) is 0 Å². The van der Waals surface area contributed by atoms with Crippen molar-refractivity contribution in [1.82, 2.24) is 9.80 Å². The van der Waals surface area contributed by atoms with Gasteiger partial charge in [-0.15, -0.1) is 0 Å². The van der Waals surface area contributed by atoms with Gasteiger partial charge < -0.3 is 9.80 Å². The standard InChI is InChI=1S/C13H25N2/c1-10-11(2)15(13(6,7)8)9-14(10)12(3,4)5/h9H,1-8H3. The van der Waals surface area contributed by atoms with E-state index in [1.54, 1.807) is 0 Å². The van der Waals surface area contributed by atoms with Gasteiger partial charge in [0, 0.05) is 22.5 Å². The van der Waals surface area contributed by atoms with E-state index >= 15 is 0 Å². The monoisotopic (exact) mass is 209 g/mol. The number of hydrogen-bond donors (Lipinski definition) is 0. The molecule has 0 aromatic rings. The van der Waals surface area contributed by atoms with Gasteiger partial charge in [-0.05, 0) is 55.4 Å². The van der Waals surface area contributed by atoms with E-state index in [2.05, 4.69) is 71.9 Å². The van der Waals surface area contributed by atoms with Gasteiger partial charge in [0.1, 0.15) is 6.67 Å². The zero-order valence-corrected chi connectivity index (χ0v) is 11.5. The van der Waals surface area contributed by atoms with Gasteiger partial charge in [0.05, 0.1) is 0 Å². The van der Waals surface area contributed by atoms with Crippen LogP contribution in [0.25, 0.3) is 0 Å². The first-order valence-corrected chi connectivity index (χ1v) is 5.66. The largest absolute Gasteiger partial charge is 0.345 e. The Kier molecular flexibility index (Phi) is 2.84. The van der Waals surface area contributed by atoms with Crippen LogP contribution in [0.1, 0.15) is 55.4 Å². The van der Waals surface area contributed by atoms with E-state index in [0.29, 0.717) is 0 Å². The summed E-state index contributed by atoms with van der Waals surface area (Å²) in [6.07, 6.45) is 0. The summed E-state index contributed by atoms with van der Waals surface area (Å²) in [6.45, 7) is 20.1. The third kappa shape index (κ3) is 2.30. The summed E-state index contributed by atoms with van der Waals surface area (Å²) in [6, 6.07) is 0. The Morgan fingerprint density at radius 2 is 1.00 bits per heavy atom. The number of allylic oxidation sites excluding steroid dienone is 2. The van der Waals surface area contributed by atoms with Crippen LogP contribution in [0.5, 0.6) is 0 Å². The Hall–Kier alpha value is -0.660. The van der Waals surface area contributed by atoms with Gasteiger partial charge in [-0.25, -0.2) is 0 Å². The van der Waals surface area contributed by atoms with Crippen molar-refractivity contribution in [2.75, 3.05) is 0 Å². The van der Waals surface area contributed by atoms with Crippen molar-refractivity contribution >= 4 is 0 Å². The first-order valence-electron chi connectivity index (χ1n) is 5.66. The second kappa shape index (κ2) is 3.43. The number of rotatable bonds is 0. The van der Waals surface area contributed by atoms with Gasteiger partial charge in [0.25, 0.3) is 0 Å². The van der Waals surface area contributed by atoms with Gasteiger partial charge in [0.15, 0.2) is 0 Å². The van der Waals surface area contributed by atoms with Crippen LogP contribution in [-0.2, 0) is 0 Å². The molecule has 0 aromatic carbocycles. The van der Waals surface area contributed by atoms with Crippen molar-refractivity contribution in [3.8, 4) is 0 Å². The summed E-state index contributed by atoms with van der Waals surface area (Å²) >= 11 is 0. The van der Waals surface area contributed by atoms with E-state index in [1.807, 2.05) is 0 Å². The minimum atomic E-state index is 0.158. The fraction of sp³-hybridized carbons (Fsp3) is 0.769. The zero-order valence-electron chi connectivity index (χ0n) is 11.5. The normalized spacial score (nSPS) is 19.2. The minimum Gasteiger partial charge on any atom is -0.345 e. The molecule has 0 aliphatic carbocycles. The molecule has 0 atom stereocenters. The molecule has 87 valence electrons. The molecule has 0 N–H and O–H groups in total. The van der Waals surface area contributed by atoms with Gasteiger partial charge in [0.2, 0.25) is 0 Å². The molecule has 1 aliphatic heterocycles. The van der Waals surface area contributed by atoms with Crippen LogP contribution in [-0.4, -0.2) is 20.9 Å². The van der Waals surface area contributed by atoms with Crippen LogP contribution in [0.2, 0.25) is 0 Å². The van der Waals surface area contributed by atoms with Crippen molar-refractivity contribution in [1.29, 1.82) is 0 Å². The first kappa shape index (κ1) is 12.4. The second-order valence-corrected chi connectivity index (χ2v) is 6.37. The molecule has 2 heteroatoms. The summed E-state index contributed by atoms with van der Waals surface area (Å²) in [4.78, 5) is 4.71. The Balaban J connectivity index is 2.99. The molecule has 0 saturated carbocycles. The van der Waals surface area contributed by atoms with E-state index in [1.165, 1.54) is 11.4 Å². The Morgan fingerprint density at radius 1 is 0.733 bits per heavy atom. The second-order valence-electron chi connectivity index (χ2n) is 6.37. The molecular weight excluding hydrogens is 184 g/mol. The molecule has 15 heavy (non-hydrogen) atoms. The van der Waals surface area contributed by atoms with Crippen molar-refractivity contribution in [2.45, 2.75) is 66.5 Å². The fourth-order valence-electron chi connectivity index (χ4n) is 1.99. The molecular formula is C13H25N2. The van der Waals surface area contributed by atoms with Crippen LogP contribution in [0, 0.1) is 6.67 Å². The average Bonchev–Trinajstić information content (AvgIpc) is 2.26. The van der Waals surface area contributed by atoms with Crippen molar-refractivity contribution in [3.05, 3.63) is 18.1 Å². The van der Waals surface area contributed by atoms with Crippen molar-refractivity contribution < 1.29 is 0 Å². The SMILES string of the molecule is CC1=C(C)N(C(C)(C)C)[CH]N1C(C)(C)C. The summed E-state index contributed by atoms with van der Waals surface area (Å²) in [5.74, 6) is 0. The Labute approximate surface area is 94.9 Å².